The first kappa shape index (κ1) is 14.0. The van der Waals surface area contributed by atoms with Crippen molar-refractivity contribution in [3.63, 3.8) is 0 Å². The molecule has 3 aromatic rings. The van der Waals surface area contributed by atoms with Crippen molar-refractivity contribution >= 4 is 44.5 Å². The number of aryl methyl sites for hydroxylation is 1. The molecule has 0 aliphatic heterocycles. The number of nitrogen functional groups attached to an aromatic ring is 1. The Hall–Kier alpha value is -1.99. The number of hydrogen-bond donors (Lipinski definition) is 2. The first-order chi connectivity index (χ1) is 10.1. The zero-order chi connectivity index (χ0) is 14.8. The summed E-state index contributed by atoms with van der Waals surface area (Å²) >= 11 is 2.93. The van der Waals surface area contributed by atoms with Crippen LogP contribution < -0.4 is 11.1 Å². The Labute approximate surface area is 129 Å². The lowest BCUT2D eigenvalue weighted by Crippen LogP contribution is -2.25. The summed E-state index contributed by atoms with van der Waals surface area (Å²) in [6.45, 7) is 2.51. The third-order valence-electron chi connectivity index (χ3n) is 3.00. The van der Waals surface area contributed by atoms with Gasteiger partial charge in [0.25, 0.3) is 5.91 Å². The molecule has 5 nitrogen and oxygen atoms in total. The SMILES string of the molecule is Cc1csc(CCNC(=O)c2sc3ncccc3c2N)n1. The minimum atomic E-state index is -0.149. The highest BCUT2D eigenvalue weighted by molar-refractivity contribution is 7.21. The number of nitrogens with one attached hydrogen (secondary N) is 1. The number of thiophene rings is 1. The molecule has 21 heavy (non-hydrogen) atoms. The van der Waals surface area contributed by atoms with E-state index in [-0.39, 0.29) is 5.91 Å². The second kappa shape index (κ2) is 5.79. The van der Waals surface area contributed by atoms with Gasteiger partial charge >= 0.3 is 0 Å². The molecule has 3 N–H and O–H groups in total. The van der Waals surface area contributed by atoms with Crippen LogP contribution >= 0.6 is 22.7 Å². The summed E-state index contributed by atoms with van der Waals surface area (Å²) in [6, 6.07) is 3.70. The molecule has 108 valence electrons. The summed E-state index contributed by atoms with van der Waals surface area (Å²) in [7, 11) is 0. The van der Waals surface area contributed by atoms with E-state index in [4.69, 9.17) is 5.73 Å². The minimum absolute atomic E-state index is 0.149. The van der Waals surface area contributed by atoms with Crippen LogP contribution in [0.3, 0.4) is 0 Å². The van der Waals surface area contributed by atoms with E-state index < -0.39 is 0 Å². The summed E-state index contributed by atoms with van der Waals surface area (Å²) < 4.78 is 0. The topological polar surface area (TPSA) is 80.9 Å². The standard InChI is InChI=1S/C14H14N4OS2/c1-8-7-20-10(18-8)4-6-16-13(19)12-11(15)9-3-2-5-17-14(9)21-12/h2-3,5,7H,4,6,15H2,1H3,(H,16,19). The molecule has 7 heteroatoms. The molecule has 1 amide bonds. The van der Waals surface area contributed by atoms with Crippen molar-refractivity contribution in [2.24, 2.45) is 0 Å². The number of nitrogens with two attached hydrogens (primary N) is 1. The molecule has 0 fully saturated rings. The number of nitrogens with zero attached hydrogens (tertiary/aromatic N) is 2. The van der Waals surface area contributed by atoms with E-state index in [9.17, 15) is 4.79 Å². The highest BCUT2D eigenvalue weighted by Crippen LogP contribution is 2.31. The van der Waals surface area contributed by atoms with E-state index >= 15 is 0 Å². The molecule has 0 bridgehead atoms. The van der Waals surface area contributed by atoms with Gasteiger partial charge in [-0.3, -0.25) is 4.79 Å². The van der Waals surface area contributed by atoms with Crippen molar-refractivity contribution in [1.29, 1.82) is 0 Å². The smallest absolute Gasteiger partial charge is 0.263 e. The van der Waals surface area contributed by atoms with Gasteiger partial charge in [0.05, 0.1) is 10.7 Å². The maximum atomic E-state index is 12.2. The molecule has 3 heterocycles. The third kappa shape index (κ3) is 2.88. The molecule has 0 aliphatic carbocycles. The van der Waals surface area contributed by atoms with Crippen LogP contribution in [0.25, 0.3) is 10.2 Å². The first-order valence-electron chi connectivity index (χ1n) is 6.47. The number of carbonyl (C=O) groups excluding carboxylic acids is 1. The van der Waals surface area contributed by atoms with Crippen molar-refractivity contribution in [1.82, 2.24) is 15.3 Å². The van der Waals surface area contributed by atoms with Crippen LogP contribution in [-0.4, -0.2) is 22.4 Å². The molecule has 0 unspecified atom stereocenters. The summed E-state index contributed by atoms with van der Waals surface area (Å²) in [5.41, 5.74) is 7.55. The summed E-state index contributed by atoms with van der Waals surface area (Å²) in [4.78, 5) is 22.1. The molecule has 0 saturated carbocycles. The Morgan fingerprint density at radius 2 is 2.33 bits per heavy atom. The van der Waals surface area contributed by atoms with E-state index in [0.29, 0.717) is 17.1 Å². The largest absolute Gasteiger partial charge is 0.397 e. The van der Waals surface area contributed by atoms with E-state index in [1.807, 2.05) is 24.4 Å². The number of amides is 1. The van der Waals surface area contributed by atoms with Crippen LogP contribution in [0.2, 0.25) is 0 Å². The Kier molecular flexibility index (Phi) is 3.85. The Morgan fingerprint density at radius 3 is 3.05 bits per heavy atom. The number of aromatic nitrogens is 2. The monoisotopic (exact) mass is 318 g/mol. The third-order valence-corrected chi connectivity index (χ3v) is 5.16. The van der Waals surface area contributed by atoms with Crippen molar-refractivity contribution < 1.29 is 4.79 Å². The van der Waals surface area contributed by atoms with Crippen molar-refractivity contribution in [3.8, 4) is 0 Å². The average Bonchev–Trinajstić information content (AvgIpc) is 3.03. The molecule has 0 aliphatic rings. The highest BCUT2D eigenvalue weighted by atomic mass is 32.1. The van der Waals surface area contributed by atoms with Gasteiger partial charge in [-0.15, -0.1) is 22.7 Å². The van der Waals surface area contributed by atoms with Crippen LogP contribution in [0.5, 0.6) is 0 Å². The van der Waals surface area contributed by atoms with Crippen LogP contribution in [0.1, 0.15) is 20.4 Å². The van der Waals surface area contributed by atoms with E-state index in [0.717, 1.165) is 27.3 Å². The molecule has 0 atom stereocenters. The van der Waals surface area contributed by atoms with Gasteiger partial charge in [0.2, 0.25) is 0 Å². The number of anilines is 1. The van der Waals surface area contributed by atoms with Gasteiger partial charge in [0.15, 0.2) is 0 Å². The summed E-state index contributed by atoms with van der Waals surface area (Å²) in [5, 5.41) is 6.76. The number of pyridine rings is 1. The molecule has 3 aromatic heterocycles. The minimum Gasteiger partial charge on any atom is -0.397 e. The lowest BCUT2D eigenvalue weighted by molar-refractivity contribution is 0.0959. The fourth-order valence-electron chi connectivity index (χ4n) is 2.00. The van der Waals surface area contributed by atoms with Gasteiger partial charge in [-0.05, 0) is 19.1 Å². The predicted molar refractivity (Wildman–Crippen MR) is 86.9 cm³/mol. The molecule has 0 radical (unpaired) electrons. The Morgan fingerprint density at radius 1 is 1.48 bits per heavy atom. The average molecular weight is 318 g/mol. The second-order valence-corrected chi connectivity index (χ2v) is 6.53. The number of rotatable bonds is 4. The lowest BCUT2D eigenvalue weighted by Gasteiger charge is -2.02. The van der Waals surface area contributed by atoms with Crippen LogP contribution in [0.15, 0.2) is 23.7 Å². The zero-order valence-corrected chi connectivity index (χ0v) is 13.1. The predicted octanol–water partition coefficient (Wildman–Crippen LogP) is 2.62. The maximum Gasteiger partial charge on any atom is 0.263 e. The normalized spacial score (nSPS) is 10.9. The van der Waals surface area contributed by atoms with Crippen LogP contribution in [0.4, 0.5) is 5.69 Å². The fourth-order valence-corrected chi connectivity index (χ4v) is 3.76. The quantitative estimate of drug-likeness (QED) is 0.775. The first-order valence-corrected chi connectivity index (χ1v) is 8.17. The van der Waals surface area contributed by atoms with Gasteiger partial charge in [-0.25, -0.2) is 9.97 Å². The van der Waals surface area contributed by atoms with Crippen molar-refractivity contribution in [3.05, 3.63) is 39.3 Å². The number of fused-ring (bicyclic) bond motifs is 1. The summed E-state index contributed by atoms with van der Waals surface area (Å²) in [5.74, 6) is -0.149. The molecular formula is C14H14N4OS2. The molecule has 0 spiro atoms. The number of carbonyl (C=O) groups is 1. The van der Waals surface area contributed by atoms with E-state index in [1.54, 1.807) is 17.5 Å². The van der Waals surface area contributed by atoms with E-state index in [1.165, 1.54) is 11.3 Å². The summed E-state index contributed by atoms with van der Waals surface area (Å²) in [6.07, 6.45) is 2.43. The number of thiazole rings is 1. The van der Waals surface area contributed by atoms with Crippen molar-refractivity contribution in [2.45, 2.75) is 13.3 Å². The molecule has 3 rings (SSSR count). The Bertz CT molecular complexity index is 793. The van der Waals surface area contributed by atoms with Gasteiger partial charge in [0.1, 0.15) is 9.71 Å². The van der Waals surface area contributed by atoms with Crippen LogP contribution in [0, 0.1) is 6.92 Å². The number of hydrogen-bond acceptors (Lipinski definition) is 6. The zero-order valence-electron chi connectivity index (χ0n) is 11.4. The van der Waals surface area contributed by atoms with Gasteiger partial charge < -0.3 is 11.1 Å². The van der Waals surface area contributed by atoms with Gasteiger partial charge in [-0.2, -0.15) is 0 Å². The highest BCUT2D eigenvalue weighted by Gasteiger charge is 2.16. The fraction of sp³-hybridized carbons (Fsp3) is 0.214. The molecule has 0 saturated heterocycles. The lowest BCUT2D eigenvalue weighted by atomic mass is 10.2. The van der Waals surface area contributed by atoms with Gasteiger partial charge in [-0.1, -0.05) is 0 Å². The van der Waals surface area contributed by atoms with Gasteiger partial charge in [0, 0.05) is 35.6 Å². The maximum absolute atomic E-state index is 12.2. The van der Waals surface area contributed by atoms with E-state index in [2.05, 4.69) is 15.3 Å². The Balaban J connectivity index is 1.68. The second-order valence-electron chi connectivity index (χ2n) is 4.59. The molecular weight excluding hydrogens is 304 g/mol. The van der Waals surface area contributed by atoms with Crippen LogP contribution in [-0.2, 0) is 6.42 Å². The molecule has 0 aromatic carbocycles. The van der Waals surface area contributed by atoms with Crippen molar-refractivity contribution in [2.75, 3.05) is 12.3 Å².